The first-order valence-electron chi connectivity index (χ1n) is 9.84. The van der Waals surface area contributed by atoms with Gasteiger partial charge in [0.1, 0.15) is 5.82 Å². The molecule has 0 unspecified atom stereocenters. The van der Waals surface area contributed by atoms with Gasteiger partial charge in [-0.1, -0.05) is 0 Å². The number of likely N-dealkylation sites (tertiary alicyclic amines) is 1. The van der Waals surface area contributed by atoms with Crippen LogP contribution in [0.3, 0.4) is 0 Å². The first-order chi connectivity index (χ1) is 14.4. The first-order valence-corrected chi connectivity index (χ1v) is 9.84. The van der Waals surface area contributed by atoms with Crippen molar-refractivity contribution in [1.29, 1.82) is 0 Å². The molecule has 0 radical (unpaired) electrons. The van der Waals surface area contributed by atoms with Crippen LogP contribution in [0, 0.1) is 6.92 Å². The van der Waals surface area contributed by atoms with Crippen molar-refractivity contribution in [3.8, 4) is 11.3 Å². The monoisotopic (exact) mass is 420 g/mol. The average molecular weight is 420 g/mol. The van der Waals surface area contributed by atoms with Gasteiger partial charge in [-0.3, -0.25) is 10.00 Å². The van der Waals surface area contributed by atoms with Crippen LogP contribution in [0.1, 0.15) is 24.0 Å². The van der Waals surface area contributed by atoms with Crippen LogP contribution in [0.5, 0.6) is 0 Å². The fourth-order valence-electron chi connectivity index (χ4n) is 4.03. The fourth-order valence-corrected chi connectivity index (χ4v) is 4.03. The van der Waals surface area contributed by atoms with Gasteiger partial charge in [-0.2, -0.15) is 18.3 Å². The van der Waals surface area contributed by atoms with Crippen molar-refractivity contribution in [2.24, 2.45) is 0 Å². The number of fused-ring (bicyclic) bond motifs is 1. The highest BCUT2D eigenvalue weighted by Crippen LogP contribution is 2.38. The molecular weight excluding hydrogens is 397 g/mol. The van der Waals surface area contributed by atoms with E-state index in [4.69, 9.17) is 5.11 Å². The van der Waals surface area contributed by atoms with Crippen molar-refractivity contribution < 1.29 is 18.3 Å². The Kier molecular flexibility index (Phi) is 5.61. The molecule has 1 aliphatic heterocycles. The second-order valence-corrected chi connectivity index (χ2v) is 7.59. The Morgan fingerprint density at radius 2 is 2.13 bits per heavy atom. The number of H-pyrrole nitrogens is 1. The molecule has 0 saturated carbocycles. The minimum absolute atomic E-state index is 0.00887. The van der Waals surface area contributed by atoms with E-state index >= 15 is 0 Å². The number of anilines is 1. The van der Waals surface area contributed by atoms with Crippen LogP contribution >= 0.6 is 0 Å². The van der Waals surface area contributed by atoms with Gasteiger partial charge < -0.3 is 10.4 Å². The molecule has 0 aliphatic carbocycles. The maximum atomic E-state index is 13.3. The summed E-state index contributed by atoms with van der Waals surface area (Å²) in [6.45, 7) is 4.42. The smallest absolute Gasteiger partial charge is 0.395 e. The predicted octanol–water partition coefficient (Wildman–Crippen LogP) is 3.22. The van der Waals surface area contributed by atoms with E-state index in [0.29, 0.717) is 23.6 Å². The normalized spacial score (nSPS) is 18.1. The van der Waals surface area contributed by atoms with E-state index in [-0.39, 0.29) is 23.6 Å². The lowest BCUT2D eigenvalue weighted by atomic mass is 10.0. The number of benzene rings is 1. The quantitative estimate of drug-likeness (QED) is 0.587. The molecule has 160 valence electrons. The van der Waals surface area contributed by atoms with E-state index < -0.39 is 11.7 Å². The maximum Gasteiger partial charge on any atom is 0.417 e. The molecule has 7 nitrogen and oxygen atoms in total. The van der Waals surface area contributed by atoms with Gasteiger partial charge in [0.05, 0.1) is 29.6 Å². The zero-order valence-corrected chi connectivity index (χ0v) is 16.5. The van der Waals surface area contributed by atoms with Gasteiger partial charge in [0.25, 0.3) is 0 Å². The summed E-state index contributed by atoms with van der Waals surface area (Å²) in [5.41, 5.74) is 1.39. The minimum Gasteiger partial charge on any atom is -0.395 e. The molecule has 4 rings (SSSR count). The standard InChI is InChI=1S/C20H23F3N6O/c1-12-9-17(25-13-3-2-6-29(11-13)7-8-30)26-28-18(12)14-4-5-16(20(21,22)23)15-10-24-27-19(14)15/h4-5,9-10,13,30H,2-3,6-8,11H2,1H3,(H,24,27)(H,25,26)/t13-/m1/s1. The summed E-state index contributed by atoms with van der Waals surface area (Å²) in [4.78, 5) is 2.20. The summed E-state index contributed by atoms with van der Waals surface area (Å²) in [5, 5.41) is 27.5. The number of alkyl halides is 3. The zero-order valence-electron chi connectivity index (χ0n) is 16.5. The Bertz CT molecular complexity index is 1030. The second kappa shape index (κ2) is 8.19. The first kappa shape index (κ1) is 20.5. The SMILES string of the molecule is Cc1cc(N[C@@H]2CCCN(CCO)C2)nnc1-c1ccc(C(F)(F)F)c2cn[nH]c12. The van der Waals surface area contributed by atoms with Gasteiger partial charge in [-0.25, -0.2) is 0 Å². The van der Waals surface area contributed by atoms with Crippen LogP contribution in [0.2, 0.25) is 0 Å². The molecule has 3 N–H and O–H groups in total. The summed E-state index contributed by atoms with van der Waals surface area (Å²) in [6.07, 6.45) is -1.25. The predicted molar refractivity (Wildman–Crippen MR) is 107 cm³/mol. The van der Waals surface area contributed by atoms with Crippen molar-refractivity contribution in [3.05, 3.63) is 35.5 Å². The summed E-state index contributed by atoms with van der Waals surface area (Å²) >= 11 is 0. The largest absolute Gasteiger partial charge is 0.417 e. The zero-order chi connectivity index (χ0) is 21.3. The van der Waals surface area contributed by atoms with E-state index in [2.05, 4.69) is 30.6 Å². The number of β-amino-alcohol motifs (C(OH)–C–C–N with tert-alkyl or cyclic N) is 1. The van der Waals surface area contributed by atoms with Gasteiger partial charge in [0, 0.05) is 30.1 Å². The molecule has 30 heavy (non-hydrogen) atoms. The summed E-state index contributed by atoms with van der Waals surface area (Å²) in [6, 6.07) is 4.52. The third-order valence-electron chi connectivity index (χ3n) is 5.43. The summed E-state index contributed by atoms with van der Waals surface area (Å²) < 4.78 is 39.8. The number of halogens is 3. The number of hydrogen-bond acceptors (Lipinski definition) is 6. The Morgan fingerprint density at radius 3 is 2.87 bits per heavy atom. The Morgan fingerprint density at radius 1 is 1.30 bits per heavy atom. The molecule has 1 atom stereocenters. The number of piperidine rings is 1. The van der Waals surface area contributed by atoms with Crippen molar-refractivity contribution in [1.82, 2.24) is 25.3 Å². The average Bonchev–Trinajstić information content (AvgIpc) is 3.17. The highest BCUT2D eigenvalue weighted by Gasteiger charge is 2.33. The summed E-state index contributed by atoms with van der Waals surface area (Å²) in [5.74, 6) is 0.625. The van der Waals surface area contributed by atoms with Gasteiger partial charge in [-0.05, 0) is 50.1 Å². The number of nitrogens with zero attached hydrogens (tertiary/aromatic N) is 4. The molecule has 0 bridgehead atoms. The highest BCUT2D eigenvalue weighted by molar-refractivity contribution is 5.95. The Labute approximate surface area is 171 Å². The molecule has 1 fully saturated rings. The minimum atomic E-state index is -4.46. The number of aliphatic hydroxyl groups is 1. The summed E-state index contributed by atoms with van der Waals surface area (Å²) in [7, 11) is 0. The molecular formula is C20H23F3N6O. The molecule has 3 aromatic rings. The second-order valence-electron chi connectivity index (χ2n) is 7.59. The van der Waals surface area contributed by atoms with Crippen LogP contribution in [-0.4, -0.2) is 62.7 Å². The number of hydrogen-bond donors (Lipinski definition) is 3. The van der Waals surface area contributed by atoms with Gasteiger partial charge >= 0.3 is 6.18 Å². The van der Waals surface area contributed by atoms with Crippen LogP contribution in [-0.2, 0) is 6.18 Å². The van der Waals surface area contributed by atoms with Crippen molar-refractivity contribution in [2.75, 3.05) is 31.6 Å². The number of rotatable bonds is 5. The molecule has 1 aliphatic rings. The number of aryl methyl sites for hydroxylation is 1. The van der Waals surface area contributed by atoms with Gasteiger partial charge in [-0.15, -0.1) is 10.2 Å². The topological polar surface area (TPSA) is 90.0 Å². The lowest BCUT2D eigenvalue weighted by Gasteiger charge is -2.32. The Balaban J connectivity index is 1.59. The molecule has 3 heterocycles. The number of aromatic amines is 1. The van der Waals surface area contributed by atoms with Crippen molar-refractivity contribution in [2.45, 2.75) is 32.0 Å². The van der Waals surface area contributed by atoms with E-state index in [1.807, 2.05) is 13.0 Å². The Hall–Kier alpha value is -2.72. The lowest BCUT2D eigenvalue weighted by Crippen LogP contribution is -2.43. The van der Waals surface area contributed by atoms with Crippen molar-refractivity contribution >= 4 is 16.7 Å². The van der Waals surface area contributed by atoms with Crippen LogP contribution < -0.4 is 5.32 Å². The number of nitrogens with one attached hydrogen (secondary N) is 2. The van der Waals surface area contributed by atoms with Crippen LogP contribution in [0.15, 0.2) is 24.4 Å². The van der Waals surface area contributed by atoms with Crippen LogP contribution in [0.25, 0.3) is 22.2 Å². The highest BCUT2D eigenvalue weighted by atomic mass is 19.4. The van der Waals surface area contributed by atoms with E-state index in [0.717, 1.165) is 37.6 Å². The lowest BCUT2D eigenvalue weighted by molar-refractivity contribution is -0.136. The molecule has 0 amide bonds. The van der Waals surface area contributed by atoms with Gasteiger partial charge in [0.2, 0.25) is 0 Å². The molecule has 1 aromatic carbocycles. The third-order valence-corrected chi connectivity index (χ3v) is 5.43. The maximum absolute atomic E-state index is 13.3. The van der Waals surface area contributed by atoms with E-state index in [1.54, 1.807) is 0 Å². The van der Waals surface area contributed by atoms with Crippen LogP contribution in [0.4, 0.5) is 19.0 Å². The molecule has 0 spiro atoms. The fraction of sp³-hybridized carbons (Fsp3) is 0.450. The number of aliphatic hydroxyl groups excluding tert-OH is 1. The number of aromatic nitrogens is 4. The molecule has 1 saturated heterocycles. The van der Waals surface area contributed by atoms with E-state index in [1.165, 1.54) is 12.3 Å². The molecule has 2 aromatic heterocycles. The van der Waals surface area contributed by atoms with Crippen molar-refractivity contribution in [3.63, 3.8) is 0 Å². The third kappa shape index (κ3) is 4.10. The van der Waals surface area contributed by atoms with Gasteiger partial charge in [0.15, 0.2) is 0 Å². The van der Waals surface area contributed by atoms with E-state index in [9.17, 15) is 13.2 Å². The molecule has 10 heteroatoms.